The van der Waals surface area contributed by atoms with Gasteiger partial charge in [-0.2, -0.15) is 0 Å². The van der Waals surface area contributed by atoms with E-state index in [1.54, 1.807) is 11.3 Å². The number of aromatic nitrogens is 1. The highest BCUT2D eigenvalue weighted by Gasteiger charge is 2.16. The Morgan fingerprint density at radius 1 is 1.45 bits per heavy atom. The van der Waals surface area contributed by atoms with Crippen LogP contribution in [0.25, 0.3) is 0 Å². The van der Waals surface area contributed by atoms with Gasteiger partial charge in [0.05, 0.1) is 11.6 Å². The van der Waals surface area contributed by atoms with Crippen molar-refractivity contribution in [2.75, 3.05) is 11.9 Å². The maximum Gasteiger partial charge on any atom is 0.147 e. The summed E-state index contributed by atoms with van der Waals surface area (Å²) in [6, 6.07) is 6.55. The summed E-state index contributed by atoms with van der Waals surface area (Å²) in [4.78, 5) is 8.11. The van der Waals surface area contributed by atoms with Crippen LogP contribution in [0.3, 0.4) is 0 Å². The van der Waals surface area contributed by atoms with E-state index in [2.05, 4.69) is 46.6 Å². The number of anilines is 1. The van der Waals surface area contributed by atoms with Crippen molar-refractivity contribution in [2.24, 2.45) is 0 Å². The fraction of sp³-hybridized carbons (Fsp3) is 0.400. The topological polar surface area (TPSA) is 28.2 Å². The van der Waals surface area contributed by atoms with E-state index in [1.165, 1.54) is 4.88 Å². The minimum Gasteiger partial charge on any atom is -0.348 e. The van der Waals surface area contributed by atoms with Crippen LogP contribution in [0.2, 0.25) is 5.02 Å². The molecule has 0 aliphatic heterocycles. The summed E-state index contributed by atoms with van der Waals surface area (Å²) >= 11 is 8.17. The van der Waals surface area contributed by atoms with Gasteiger partial charge < -0.3 is 10.2 Å². The monoisotopic (exact) mass is 309 g/mol. The quantitative estimate of drug-likeness (QED) is 0.876. The summed E-state index contributed by atoms with van der Waals surface area (Å²) in [5, 5.41) is 5.92. The first-order chi connectivity index (χ1) is 9.61. The second-order valence-electron chi connectivity index (χ2n) is 4.98. The van der Waals surface area contributed by atoms with Gasteiger partial charge in [0.1, 0.15) is 5.82 Å². The zero-order chi connectivity index (χ0) is 14.5. The summed E-state index contributed by atoms with van der Waals surface area (Å²) in [7, 11) is 1.92. The number of thiophene rings is 1. The lowest BCUT2D eigenvalue weighted by Crippen LogP contribution is -2.31. The Morgan fingerprint density at radius 2 is 2.25 bits per heavy atom. The molecule has 0 radical (unpaired) electrons. The summed E-state index contributed by atoms with van der Waals surface area (Å²) in [5.41, 5.74) is 1.10. The normalized spacial score (nSPS) is 11.1. The molecule has 20 heavy (non-hydrogen) atoms. The molecule has 0 saturated carbocycles. The second kappa shape index (κ2) is 7.07. The molecule has 2 rings (SSSR count). The van der Waals surface area contributed by atoms with E-state index < -0.39 is 0 Å². The maximum absolute atomic E-state index is 6.42. The highest BCUT2D eigenvalue weighted by Crippen LogP contribution is 2.28. The SMILES string of the molecule is CNCc1cnc(N(Cc2cccs2)C(C)C)c(Cl)c1. The molecule has 3 nitrogen and oxygen atoms in total. The molecule has 108 valence electrons. The standard InChI is InChI=1S/C15H20ClN3S/c1-11(2)19(10-13-5-4-6-20-13)15-14(16)7-12(8-17-3)9-18-15/h4-7,9,11,17H,8,10H2,1-3H3. The zero-order valence-electron chi connectivity index (χ0n) is 12.1. The largest absolute Gasteiger partial charge is 0.348 e. The number of nitrogens with zero attached hydrogens (tertiary/aromatic N) is 2. The Hall–Kier alpha value is -1.10. The number of halogens is 1. The number of hydrogen-bond donors (Lipinski definition) is 1. The van der Waals surface area contributed by atoms with Gasteiger partial charge in [0.25, 0.3) is 0 Å². The summed E-state index contributed by atoms with van der Waals surface area (Å²) < 4.78 is 0. The summed E-state index contributed by atoms with van der Waals surface area (Å²) in [6.07, 6.45) is 1.89. The first-order valence-corrected chi connectivity index (χ1v) is 7.95. The van der Waals surface area contributed by atoms with E-state index in [4.69, 9.17) is 11.6 Å². The minimum absolute atomic E-state index is 0.345. The van der Waals surface area contributed by atoms with Crippen molar-refractivity contribution in [3.05, 3.63) is 45.2 Å². The third-order valence-corrected chi connectivity index (χ3v) is 4.20. The number of nitrogens with one attached hydrogen (secondary N) is 1. The van der Waals surface area contributed by atoms with Crippen LogP contribution in [0.4, 0.5) is 5.82 Å². The Labute approximate surface area is 129 Å². The second-order valence-corrected chi connectivity index (χ2v) is 6.42. The highest BCUT2D eigenvalue weighted by atomic mass is 35.5. The average Bonchev–Trinajstić information content (AvgIpc) is 2.90. The summed E-state index contributed by atoms with van der Waals surface area (Å²) in [6.45, 7) is 5.94. The van der Waals surface area contributed by atoms with Gasteiger partial charge >= 0.3 is 0 Å². The molecule has 0 amide bonds. The van der Waals surface area contributed by atoms with Crippen LogP contribution in [0.5, 0.6) is 0 Å². The van der Waals surface area contributed by atoms with Crippen LogP contribution in [-0.2, 0) is 13.1 Å². The molecule has 0 aliphatic carbocycles. The minimum atomic E-state index is 0.345. The predicted molar refractivity (Wildman–Crippen MR) is 87.6 cm³/mol. The fourth-order valence-electron chi connectivity index (χ4n) is 2.05. The molecule has 2 aromatic heterocycles. The van der Waals surface area contributed by atoms with Gasteiger partial charge in [-0.05, 0) is 44.0 Å². The lowest BCUT2D eigenvalue weighted by atomic mass is 10.2. The fourth-order valence-corrected chi connectivity index (χ4v) is 3.06. The van der Waals surface area contributed by atoms with E-state index in [9.17, 15) is 0 Å². The van der Waals surface area contributed by atoms with Gasteiger partial charge in [0, 0.05) is 23.7 Å². The number of pyridine rings is 1. The van der Waals surface area contributed by atoms with Crippen LogP contribution in [-0.4, -0.2) is 18.1 Å². The third-order valence-electron chi connectivity index (χ3n) is 3.06. The Bertz CT molecular complexity index is 540. The molecule has 5 heteroatoms. The van der Waals surface area contributed by atoms with Gasteiger partial charge in [-0.1, -0.05) is 17.7 Å². The summed E-state index contributed by atoms with van der Waals surface area (Å²) in [5.74, 6) is 0.856. The molecule has 0 aliphatic rings. The zero-order valence-corrected chi connectivity index (χ0v) is 13.6. The van der Waals surface area contributed by atoms with Gasteiger partial charge in [-0.25, -0.2) is 4.98 Å². The van der Waals surface area contributed by atoms with E-state index in [0.717, 1.165) is 24.5 Å². The maximum atomic E-state index is 6.42. The van der Waals surface area contributed by atoms with E-state index in [0.29, 0.717) is 11.1 Å². The molecule has 0 bridgehead atoms. The molecule has 0 fully saturated rings. The Morgan fingerprint density at radius 3 is 2.80 bits per heavy atom. The van der Waals surface area contributed by atoms with Crippen LogP contribution < -0.4 is 10.2 Å². The number of rotatable bonds is 6. The van der Waals surface area contributed by atoms with Crippen molar-refractivity contribution in [2.45, 2.75) is 33.0 Å². The van der Waals surface area contributed by atoms with Crippen molar-refractivity contribution in [1.82, 2.24) is 10.3 Å². The van der Waals surface area contributed by atoms with E-state index in [-0.39, 0.29) is 0 Å². The molecular weight excluding hydrogens is 290 g/mol. The average molecular weight is 310 g/mol. The molecule has 0 aromatic carbocycles. The van der Waals surface area contributed by atoms with Crippen molar-refractivity contribution < 1.29 is 0 Å². The smallest absolute Gasteiger partial charge is 0.147 e. The van der Waals surface area contributed by atoms with Crippen molar-refractivity contribution >= 4 is 28.8 Å². The molecule has 0 unspecified atom stereocenters. The molecule has 1 N–H and O–H groups in total. The molecule has 2 aromatic rings. The van der Waals surface area contributed by atoms with Crippen molar-refractivity contribution in [1.29, 1.82) is 0 Å². The first-order valence-electron chi connectivity index (χ1n) is 6.70. The Balaban J connectivity index is 2.25. The lowest BCUT2D eigenvalue weighted by Gasteiger charge is -2.28. The molecule has 0 saturated heterocycles. The number of hydrogen-bond acceptors (Lipinski definition) is 4. The van der Waals surface area contributed by atoms with E-state index >= 15 is 0 Å². The molecular formula is C15H20ClN3S. The molecule has 0 spiro atoms. The first kappa shape index (κ1) is 15.3. The van der Waals surface area contributed by atoms with Crippen LogP contribution >= 0.6 is 22.9 Å². The van der Waals surface area contributed by atoms with Crippen molar-refractivity contribution in [3.8, 4) is 0 Å². The highest BCUT2D eigenvalue weighted by molar-refractivity contribution is 7.09. The third kappa shape index (κ3) is 3.72. The van der Waals surface area contributed by atoms with Crippen molar-refractivity contribution in [3.63, 3.8) is 0 Å². The van der Waals surface area contributed by atoms with Gasteiger partial charge in [-0.15, -0.1) is 11.3 Å². The van der Waals surface area contributed by atoms with Gasteiger partial charge in [-0.3, -0.25) is 0 Å². The van der Waals surface area contributed by atoms with Gasteiger partial charge in [0.2, 0.25) is 0 Å². The van der Waals surface area contributed by atoms with Gasteiger partial charge in [0.15, 0.2) is 0 Å². The molecule has 0 atom stereocenters. The van der Waals surface area contributed by atoms with Crippen LogP contribution in [0, 0.1) is 0 Å². The van der Waals surface area contributed by atoms with Crippen LogP contribution in [0.15, 0.2) is 29.8 Å². The van der Waals surface area contributed by atoms with Crippen LogP contribution in [0.1, 0.15) is 24.3 Å². The lowest BCUT2D eigenvalue weighted by molar-refractivity contribution is 0.676. The molecule has 2 heterocycles. The van der Waals surface area contributed by atoms with E-state index in [1.807, 2.05) is 19.3 Å². The Kier molecular flexibility index (Phi) is 5.40. The predicted octanol–water partition coefficient (Wildman–Crippen LogP) is 3.93.